The molecule has 2 aromatic heterocycles. The fourth-order valence-electron chi connectivity index (χ4n) is 4.74. The Labute approximate surface area is 158 Å². The van der Waals surface area contributed by atoms with E-state index < -0.39 is 0 Å². The van der Waals surface area contributed by atoms with E-state index in [1.165, 1.54) is 69.7 Å². The van der Waals surface area contributed by atoms with Crippen LogP contribution in [0.3, 0.4) is 0 Å². The van der Waals surface area contributed by atoms with Crippen molar-refractivity contribution in [2.24, 2.45) is 5.92 Å². The van der Waals surface area contributed by atoms with Gasteiger partial charge < -0.3 is 14.2 Å². The maximum Gasteiger partial charge on any atom is 0.137 e. The standard InChI is InChI=1S/C22H34N4/c1-17(2)20-14-21(26-13-8-23-22(26)15-20)19-6-11-25(12-7-19)16-18-4-9-24(3)10-5-18/h8,13-15,17-19H,4-7,9-12,16H2,1-3H3. The highest BCUT2D eigenvalue weighted by molar-refractivity contribution is 5.45. The molecule has 0 saturated carbocycles. The average molecular weight is 355 g/mol. The molecule has 2 aliphatic rings. The Morgan fingerprint density at radius 1 is 1.04 bits per heavy atom. The van der Waals surface area contributed by atoms with E-state index in [1.54, 1.807) is 0 Å². The highest BCUT2D eigenvalue weighted by Crippen LogP contribution is 2.31. The Balaban J connectivity index is 1.42. The highest BCUT2D eigenvalue weighted by atomic mass is 15.1. The normalized spacial score (nSPS) is 21.8. The topological polar surface area (TPSA) is 23.8 Å². The van der Waals surface area contributed by atoms with Crippen LogP contribution in [0.25, 0.3) is 5.65 Å². The molecule has 0 N–H and O–H groups in total. The Morgan fingerprint density at radius 2 is 1.77 bits per heavy atom. The highest BCUT2D eigenvalue weighted by Gasteiger charge is 2.26. The van der Waals surface area contributed by atoms with Gasteiger partial charge in [-0.15, -0.1) is 0 Å². The Kier molecular flexibility index (Phi) is 5.32. The van der Waals surface area contributed by atoms with E-state index in [2.05, 4.69) is 58.4 Å². The molecular weight excluding hydrogens is 320 g/mol. The van der Waals surface area contributed by atoms with Gasteiger partial charge in [-0.3, -0.25) is 0 Å². The zero-order valence-electron chi connectivity index (χ0n) is 16.7. The second-order valence-electron chi connectivity index (χ2n) is 8.85. The number of imidazole rings is 1. The van der Waals surface area contributed by atoms with Gasteiger partial charge in [0.1, 0.15) is 5.65 Å². The molecule has 2 aliphatic heterocycles. The molecule has 0 bridgehead atoms. The molecule has 0 aliphatic carbocycles. The number of aromatic nitrogens is 2. The van der Waals surface area contributed by atoms with Gasteiger partial charge in [0.2, 0.25) is 0 Å². The first-order valence-electron chi connectivity index (χ1n) is 10.5. The van der Waals surface area contributed by atoms with Gasteiger partial charge in [0.05, 0.1) is 0 Å². The fraction of sp³-hybridized carbons (Fsp3) is 0.682. The molecule has 4 heteroatoms. The van der Waals surface area contributed by atoms with Gasteiger partial charge in [-0.1, -0.05) is 13.8 Å². The summed E-state index contributed by atoms with van der Waals surface area (Å²) in [6.45, 7) is 10.9. The average Bonchev–Trinajstić information content (AvgIpc) is 3.12. The number of rotatable bonds is 4. The molecule has 0 radical (unpaired) electrons. The van der Waals surface area contributed by atoms with Crippen molar-refractivity contribution in [1.29, 1.82) is 0 Å². The molecule has 0 aromatic carbocycles. The van der Waals surface area contributed by atoms with Crippen molar-refractivity contribution < 1.29 is 0 Å². The van der Waals surface area contributed by atoms with E-state index in [0.29, 0.717) is 11.8 Å². The number of hydrogen-bond donors (Lipinski definition) is 0. The van der Waals surface area contributed by atoms with Crippen LogP contribution < -0.4 is 0 Å². The summed E-state index contributed by atoms with van der Waals surface area (Å²) in [5, 5.41) is 0. The minimum absolute atomic E-state index is 0.556. The molecule has 0 unspecified atom stereocenters. The first kappa shape index (κ1) is 18.0. The summed E-state index contributed by atoms with van der Waals surface area (Å²) < 4.78 is 2.32. The lowest BCUT2D eigenvalue weighted by molar-refractivity contribution is 0.138. The van der Waals surface area contributed by atoms with Crippen molar-refractivity contribution in [2.45, 2.75) is 51.4 Å². The smallest absolute Gasteiger partial charge is 0.137 e. The van der Waals surface area contributed by atoms with Gasteiger partial charge in [0, 0.05) is 30.6 Å². The van der Waals surface area contributed by atoms with E-state index in [9.17, 15) is 0 Å². The lowest BCUT2D eigenvalue weighted by Gasteiger charge is -2.37. The molecule has 2 fully saturated rings. The summed E-state index contributed by atoms with van der Waals surface area (Å²) >= 11 is 0. The van der Waals surface area contributed by atoms with E-state index in [-0.39, 0.29) is 0 Å². The lowest BCUT2D eigenvalue weighted by atomic mass is 9.89. The van der Waals surface area contributed by atoms with Crippen LogP contribution in [0.1, 0.15) is 62.6 Å². The molecule has 4 nitrogen and oxygen atoms in total. The third kappa shape index (κ3) is 3.81. The zero-order valence-corrected chi connectivity index (χ0v) is 16.7. The maximum atomic E-state index is 4.56. The molecule has 26 heavy (non-hydrogen) atoms. The molecule has 0 amide bonds. The first-order chi connectivity index (χ1) is 12.6. The van der Waals surface area contributed by atoms with Gasteiger partial charge in [-0.05, 0) is 88.4 Å². The first-order valence-corrected chi connectivity index (χ1v) is 10.5. The zero-order chi connectivity index (χ0) is 18.1. The van der Waals surface area contributed by atoms with Gasteiger partial charge >= 0.3 is 0 Å². The van der Waals surface area contributed by atoms with Crippen molar-refractivity contribution in [1.82, 2.24) is 19.2 Å². The van der Waals surface area contributed by atoms with Crippen LogP contribution in [0.2, 0.25) is 0 Å². The number of piperidine rings is 2. The predicted molar refractivity (Wildman–Crippen MR) is 108 cm³/mol. The summed E-state index contributed by atoms with van der Waals surface area (Å²) in [5.74, 6) is 2.13. The third-order valence-corrected chi connectivity index (χ3v) is 6.58. The molecule has 2 saturated heterocycles. The molecule has 0 atom stereocenters. The van der Waals surface area contributed by atoms with E-state index in [0.717, 1.165) is 11.6 Å². The third-order valence-electron chi connectivity index (χ3n) is 6.58. The SMILES string of the molecule is CC(C)c1cc(C2CCN(CC3CCN(C)CC3)CC2)n2ccnc2c1. The second kappa shape index (κ2) is 7.69. The Hall–Kier alpha value is -1.39. The van der Waals surface area contributed by atoms with Crippen LogP contribution in [0.15, 0.2) is 24.5 Å². The van der Waals surface area contributed by atoms with E-state index >= 15 is 0 Å². The van der Waals surface area contributed by atoms with Crippen LogP contribution >= 0.6 is 0 Å². The number of pyridine rings is 1. The van der Waals surface area contributed by atoms with Crippen molar-refractivity contribution in [3.8, 4) is 0 Å². The van der Waals surface area contributed by atoms with Crippen LogP contribution in [0.4, 0.5) is 0 Å². The van der Waals surface area contributed by atoms with Gasteiger partial charge in [0.25, 0.3) is 0 Å². The largest absolute Gasteiger partial charge is 0.306 e. The molecule has 0 spiro atoms. The summed E-state index contributed by atoms with van der Waals surface area (Å²) in [7, 11) is 2.25. The Morgan fingerprint density at radius 3 is 2.46 bits per heavy atom. The number of hydrogen-bond acceptors (Lipinski definition) is 3. The van der Waals surface area contributed by atoms with Crippen molar-refractivity contribution in [2.75, 3.05) is 39.8 Å². The quantitative estimate of drug-likeness (QED) is 0.830. The van der Waals surface area contributed by atoms with Crippen molar-refractivity contribution >= 4 is 5.65 Å². The molecule has 4 rings (SSSR count). The molecule has 142 valence electrons. The second-order valence-corrected chi connectivity index (χ2v) is 8.85. The summed E-state index contributed by atoms with van der Waals surface area (Å²) in [6, 6.07) is 4.69. The number of nitrogens with zero attached hydrogens (tertiary/aromatic N) is 4. The van der Waals surface area contributed by atoms with E-state index in [1.807, 2.05) is 6.20 Å². The van der Waals surface area contributed by atoms with Crippen LogP contribution in [-0.2, 0) is 0 Å². The summed E-state index contributed by atoms with van der Waals surface area (Å²) in [5.41, 5.74) is 4.01. The minimum atomic E-state index is 0.556. The summed E-state index contributed by atoms with van der Waals surface area (Å²) in [4.78, 5) is 9.76. The van der Waals surface area contributed by atoms with Gasteiger partial charge in [-0.25, -0.2) is 4.98 Å². The van der Waals surface area contributed by atoms with Crippen molar-refractivity contribution in [3.63, 3.8) is 0 Å². The van der Waals surface area contributed by atoms with Crippen LogP contribution in [0, 0.1) is 5.92 Å². The van der Waals surface area contributed by atoms with Crippen LogP contribution in [-0.4, -0.2) is 59.0 Å². The molecule has 4 heterocycles. The van der Waals surface area contributed by atoms with Crippen molar-refractivity contribution in [3.05, 3.63) is 35.8 Å². The Bertz CT molecular complexity index is 719. The molecule has 2 aromatic rings. The van der Waals surface area contributed by atoms with E-state index in [4.69, 9.17) is 0 Å². The number of likely N-dealkylation sites (tertiary alicyclic amines) is 2. The lowest BCUT2D eigenvalue weighted by Crippen LogP contribution is -2.40. The van der Waals surface area contributed by atoms with Gasteiger partial charge in [0.15, 0.2) is 0 Å². The monoisotopic (exact) mass is 354 g/mol. The minimum Gasteiger partial charge on any atom is -0.306 e. The number of fused-ring (bicyclic) bond motifs is 1. The fourth-order valence-corrected chi connectivity index (χ4v) is 4.74. The maximum absolute atomic E-state index is 4.56. The summed E-state index contributed by atoms with van der Waals surface area (Å²) in [6.07, 6.45) is 9.39. The van der Waals surface area contributed by atoms with Crippen LogP contribution in [0.5, 0.6) is 0 Å². The molecular formula is C22H34N4. The van der Waals surface area contributed by atoms with Gasteiger partial charge in [-0.2, -0.15) is 0 Å². The predicted octanol–water partition coefficient (Wildman–Crippen LogP) is 3.98.